The van der Waals surface area contributed by atoms with Crippen molar-refractivity contribution in [3.63, 3.8) is 0 Å². The Kier molecular flexibility index (Phi) is 3.91. The van der Waals surface area contributed by atoms with Gasteiger partial charge in [-0.3, -0.25) is 4.79 Å². The lowest BCUT2D eigenvalue weighted by molar-refractivity contribution is -0.128. The largest absolute Gasteiger partial charge is 0.316 e. The summed E-state index contributed by atoms with van der Waals surface area (Å²) in [5, 5.41) is 3.22. The summed E-state index contributed by atoms with van der Waals surface area (Å²) in [6, 6.07) is 0. The number of carbonyl (C=O) groups is 1. The number of ketones is 1. The van der Waals surface area contributed by atoms with E-state index in [9.17, 15) is 4.79 Å². The van der Waals surface area contributed by atoms with Crippen LogP contribution >= 0.6 is 0 Å². The van der Waals surface area contributed by atoms with Crippen LogP contribution in [-0.4, -0.2) is 18.9 Å². The van der Waals surface area contributed by atoms with Crippen LogP contribution in [0.15, 0.2) is 0 Å². The lowest BCUT2D eigenvalue weighted by Gasteiger charge is -2.33. The Morgan fingerprint density at radius 2 is 2.08 bits per heavy atom. The average molecular weight is 183 g/mol. The number of nitrogens with one attached hydrogen (secondary N) is 1. The molecule has 0 saturated carbocycles. The van der Waals surface area contributed by atoms with Gasteiger partial charge in [0.05, 0.1) is 0 Å². The summed E-state index contributed by atoms with van der Waals surface area (Å²) < 4.78 is 0. The topological polar surface area (TPSA) is 29.1 Å². The normalized spacial score (nSPS) is 22.1. The molecular weight excluding hydrogens is 162 g/mol. The van der Waals surface area contributed by atoms with Crippen molar-refractivity contribution in [2.24, 2.45) is 17.8 Å². The fourth-order valence-electron chi connectivity index (χ4n) is 1.92. The number of hydrogen-bond donors (Lipinski definition) is 1. The average Bonchev–Trinajstić information content (AvgIpc) is 2.00. The molecule has 2 atom stereocenters. The monoisotopic (exact) mass is 183 g/mol. The van der Waals surface area contributed by atoms with Gasteiger partial charge in [0, 0.05) is 11.8 Å². The van der Waals surface area contributed by atoms with Crippen molar-refractivity contribution < 1.29 is 4.79 Å². The molecule has 0 aromatic heterocycles. The first kappa shape index (κ1) is 10.7. The van der Waals surface area contributed by atoms with Crippen LogP contribution in [0.1, 0.15) is 33.6 Å². The summed E-state index contributed by atoms with van der Waals surface area (Å²) in [7, 11) is 0. The van der Waals surface area contributed by atoms with Crippen molar-refractivity contribution in [3.05, 3.63) is 0 Å². The molecule has 1 saturated heterocycles. The van der Waals surface area contributed by atoms with Crippen LogP contribution in [0, 0.1) is 17.8 Å². The van der Waals surface area contributed by atoms with Gasteiger partial charge < -0.3 is 5.32 Å². The van der Waals surface area contributed by atoms with Crippen molar-refractivity contribution in [2.75, 3.05) is 13.1 Å². The van der Waals surface area contributed by atoms with E-state index in [1.807, 2.05) is 0 Å². The predicted molar refractivity (Wildman–Crippen MR) is 54.6 cm³/mol. The van der Waals surface area contributed by atoms with Gasteiger partial charge >= 0.3 is 0 Å². The van der Waals surface area contributed by atoms with E-state index in [4.69, 9.17) is 0 Å². The summed E-state index contributed by atoms with van der Waals surface area (Å²) in [4.78, 5) is 11.8. The van der Waals surface area contributed by atoms with Gasteiger partial charge in [0.15, 0.2) is 0 Å². The number of hydrogen-bond acceptors (Lipinski definition) is 2. The molecule has 0 aromatic carbocycles. The second-order valence-electron chi connectivity index (χ2n) is 4.30. The van der Waals surface area contributed by atoms with E-state index in [1.165, 1.54) is 0 Å². The minimum absolute atomic E-state index is 0.264. The Balaban J connectivity index is 2.36. The third-order valence-corrected chi connectivity index (χ3v) is 3.18. The summed E-state index contributed by atoms with van der Waals surface area (Å²) in [6.07, 6.45) is 2.16. The Hall–Kier alpha value is -0.370. The molecule has 2 heteroatoms. The molecule has 13 heavy (non-hydrogen) atoms. The van der Waals surface area contributed by atoms with Crippen LogP contribution in [0.5, 0.6) is 0 Å². The summed E-state index contributed by atoms with van der Waals surface area (Å²) >= 11 is 0. The molecule has 0 spiro atoms. The van der Waals surface area contributed by atoms with Crippen LogP contribution in [0.2, 0.25) is 0 Å². The first-order valence-electron chi connectivity index (χ1n) is 5.41. The molecular formula is C11H21NO. The third-order valence-electron chi connectivity index (χ3n) is 3.18. The maximum Gasteiger partial charge on any atom is 0.138 e. The van der Waals surface area contributed by atoms with E-state index in [0.717, 1.165) is 25.9 Å². The van der Waals surface area contributed by atoms with Gasteiger partial charge in [0.1, 0.15) is 5.78 Å². The van der Waals surface area contributed by atoms with E-state index in [-0.39, 0.29) is 11.8 Å². The second-order valence-corrected chi connectivity index (χ2v) is 4.30. The SMILES string of the molecule is CCCC(C)C(=O)C(C)C1CNC1. The van der Waals surface area contributed by atoms with Gasteiger partial charge in [-0.25, -0.2) is 0 Å². The quantitative estimate of drug-likeness (QED) is 0.704. The zero-order valence-corrected chi connectivity index (χ0v) is 8.97. The highest BCUT2D eigenvalue weighted by atomic mass is 16.1. The zero-order chi connectivity index (χ0) is 9.84. The van der Waals surface area contributed by atoms with E-state index in [2.05, 4.69) is 26.1 Å². The van der Waals surface area contributed by atoms with Gasteiger partial charge in [-0.15, -0.1) is 0 Å². The highest BCUT2D eigenvalue weighted by Crippen LogP contribution is 2.22. The Bertz CT molecular complexity index is 175. The van der Waals surface area contributed by atoms with E-state index >= 15 is 0 Å². The van der Waals surface area contributed by atoms with Crippen LogP contribution in [0.4, 0.5) is 0 Å². The molecule has 2 unspecified atom stereocenters. The fraction of sp³-hybridized carbons (Fsp3) is 0.909. The molecule has 1 fully saturated rings. The van der Waals surface area contributed by atoms with Gasteiger partial charge in [0.25, 0.3) is 0 Å². The summed E-state index contributed by atoms with van der Waals surface area (Å²) in [6.45, 7) is 8.35. The van der Waals surface area contributed by atoms with Crippen LogP contribution < -0.4 is 5.32 Å². The molecule has 0 aliphatic carbocycles. The maximum absolute atomic E-state index is 11.8. The molecule has 1 rings (SSSR count). The molecule has 1 aliphatic heterocycles. The number of Topliss-reactive ketones (excluding diaryl/α,β-unsaturated/α-hetero) is 1. The minimum Gasteiger partial charge on any atom is -0.316 e. The van der Waals surface area contributed by atoms with Crippen molar-refractivity contribution in [3.8, 4) is 0 Å². The Labute approximate surface area is 81.1 Å². The number of rotatable bonds is 5. The highest BCUT2D eigenvalue weighted by molar-refractivity contribution is 5.83. The molecule has 2 nitrogen and oxygen atoms in total. The van der Waals surface area contributed by atoms with Crippen molar-refractivity contribution in [2.45, 2.75) is 33.6 Å². The van der Waals surface area contributed by atoms with Crippen LogP contribution in [0.25, 0.3) is 0 Å². The lowest BCUT2D eigenvalue weighted by Crippen LogP contribution is -2.48. The molecule has 0 bridgehead atoms. The zero-order valence-electron chi connectivity index (χ0n) is 8.97. The van der Waals surface area contributed by atoms with Crippen LogP contribution in [0.3, 0.4) is 0 Å². The molecule has 76 valence electrons. The first-order chi connectivity index (χ1) is 6.16. The molecule has 0 amide bonds. The summed E-state index contributed by atoms with van der Waals surface area (Å²) in [5.74, 6) is 1.60. The van der Waals surface area contributed by atoms with Gasteiger partial charge in [-0.2, -0.15) is 0 Å². The second kappa shape index (κ2) is 4.75. The van der Waals surface area contributed by atoms with Crippen molar-refractivity contribution in [1.29, 1.82) is 0 Å². The van der Waals surface area contributed by atoms with Crippen molar-refractivity contribution >= 4 is 5.78 Å². The Morgan fingerprint density at radius 1 is 1.46 bits per heavy atom. The van der Waals surface area contributed by atoms with E-state index in [0.29, 0.717) is 11.7 Å². The highest BCUT2D eigenvalue weighted by Gasteiger charge is 2.30. The molecule has 0 aromatic rings. The molecule has 1 N–H and O–H groups in total. The van der Waals surface area contributed by atoms with Crippen molar-refractivity contribution in [1.82, 2.24) is 5.32 Å². The molecule has 1 heterocycles. The molecule has 1 aliphatic rings. The van der Waals surface area contributed by atoms with Crippen LogP contribution in [-0.2, 0) is 4.79 Å². The van der Waals surface area contributed by atoms with Gasteiger partial charge in [0.2, 0.25) is 0 Å². The van der Waals surface area contributed by atoms with Gasteiger partial charge in [-0.05, 0) is 25.4 Å². The predicted octanol–water partition coefficient (Wildman–Crippen LogP) is 1.85. The van der Waals surface area contributed by atoms with E-state index < -0.39 is 0 Å². The third kappa shape index (κ3) is 2.53. The van der Waals surface area contributed by atoms with E-state index in [1.54, 1.807) is 0 Å². The molecule has 0 radical (unpaired) electrons. The lowest BCUT2D eigenvalue weighted by atomic mass is 9.81. The first-order valence-corrected chi connectivity index (χ1v) is 5.41. The minimum atomic E-state index is 0.264. The van der Waals surface area contributed by atoms with Gasteiger partial charge in [-0.1, -0.05) is 27.2 Å². The summed E-state index contributed by atoms with van der Waals surface area (Å²) in [5.41, 5.74) is 0. The standard InChI is InChI=1S/C11H21NO/c1-4-5-8(2)11(13)9(3)10-6-12-7-10/h8-10,12H,4-7H2,1-3H3. The Morgan fingerprint density at radius 3 is 2.46 bits per heavy atom. The fourth-order valence-corrected chi connectivity index (χ4v) is 1.92. The smallest absolute Gasteiger partial charge is 0.138 e. The maximum atomic E-state index is 11.8. The number of carbonyl (C=O) groups excluding carboxylic acids is 1.